The number of carbonyl (C=O) groups is 2. The fourth-order valence-corrected chi connectivity index (χ4v) is 2.34. The lowest BCUT2D eigenvalue weighted by molar-refractivity contribution is -0.141. The van der Waals surface area contributed by atoms with Gasteiger partial charge in [-0.3, -0.25) is 5.32 Å². The molecule has 0 radical (unpaired) electrons. The number of esters is 1. The molecule has 0 atom stereocenters. The second kappa shape index (κ2) is 8.93. The molecule has 130 valence electrons. The number of rotatable bonds is 5. The molecule has 0 aliphatic carbocycles. The van der Waals surface area contributed by atoms with Crippen molar-refractivity contribution in [1.29, 1.82) is 0 Å². The summed E-state index contributed by atoms with van der Waals surface area (Å²) in [7, 11) is 0. The van der Waals surface area contributed by atoms with Crippen molar-refractivity contribution in [3.63, 3.8) is 0 Å². The van der Waals surface area contributed by atoms with Crippen LogP contribution in [0.25, 0.3) is 0 Å². The topological polar surface area (TPSA) is 77.1 Å². The van der Waals surface area contributed by atoms with Crippen molar-refractivity contribution in [3.05, 3.63) is 41.7 Å². The van der Waals surface area contributed by atoms with E-state index in [0.29, 0.717) is 43.4 Å². The Hall–Kier alpha value is -2.54. The van der Waals surface area contributed by atoms with E-state index in [2.05, 4.69) is 5.32 Å². The van der Waals surface area contributed by atoms with E-state index >= 15 is 0 Å². The summed E-state index contributed by atoms with van der Waals surface area (Å²) in [6, 6.07) is 8.71. The molecule has 7 heteroatoms. The van der Waals surface area contributed by atoms with Crippen molar-refractivity contribution >= 4 is 12.1 Å². The Kier molecular flexibility index (Phi) is 6.62. The van der Waals surface area contributed by atoms with Gasteiger partial charge in [0.2, 0.25) is 0 Å². The third-order valence-electron chi connectivity index (χ3n) is 3.39. The van der Waals surface area contributed by atoms with E-state index in [-0.39, 0.29) is 6.61 Å². The van der Waals surface area contributed by atoms with Crippen LogP contribution < -0.4 is 10.1 Å². The number of amides is 1. The molecule has 1 saturated heterocycles. The molecule has 1 amide bonds. The first-order chi connectivity index (χ1) is 11.6. The van der Waals surface area contributed by atoms with Crippen molar-refractivity contribution < 1.29 is 23.8 Å². The average Bonchev–Trinajstić information content (AvgIpc) is 2.57. The summed E-state index contributed by atoms with van der Waals surface area (Å²) in [5.41, 5.74) is 0.710. The van der Waals surface area contributed by atoms with E-state index in [1.165, 1.54) is 0 Å². The molecule has 2 rings (SSSR count). The van der Waals surface area contributed by atoms with Crippen LogP contribution in [-0.2, 0) is 14.3 Å². The Morgan fingerprint density at radius 2 is 1.88 bits per heavy atom. The highest BCUT2D eigenvalue weighted by molar-refractivity contribution is 5.89. The van der Waals surface area contributed by atoms with Gasteiger partial charge in [0, 0.05) is 18.8 Å². The molecule has 24 heavy (non-hydrogen) atoms. The number of ether oxygens (including phenoxy) is 3. The van der Waals surface area contributed by atoms with Gasteiger partial charge in [-0.25, -0.2) is 9.59 Å². The SMILES string of the molecule is CCOC(=O)/C(=C(/C)NC(=O)Oc1ccccc1)N1CCOCC1. The number of hydrogen-bond acceptors (Lipinski definition) is 6. The standard InChI is InChI=1S/C17H22N2O5/c1-3-23-16(20)15(19-9-11-22-12-10-19)13(2)18-17(21)24-14-7-5-4-6-8-14/h4-8H,3,9-12H2,1-2H3,(H,18,21)/b15-13+. The van der Waals surface area contributed by atoms with Crippen molar-refractivity contribution in [2.45, 2.75) is 13.8 Å². The average molecular weight is 334 g/mol. The summed E-state index contributed by atoms with van der Waals surface area (Å²) >= 11 is 0. The first-order valence-electron chi connectivity index (χ1n) is 7.86. The fraction of sp³-hybridized carbons (Fsp3) is 0.412. The van der Waals surface area contributed by atoms with Crippen LogP contribution in [0.2, 0.25) is 0 Å². The van der Waals surface area contributed by atoms with Gasteiger partial charge in [-0.05, 0) is 26.0 Å². The summed E-state index contributed by atoms with van der Waals surface area (Å²) in [6.45, 7) is 5.79. The molecule has 0 saturated carbocycles. The maximum atomic E-state index is 12.3. The second-order valence-electron chi connectivity index (χ2n) is 5.12. The maximum Gasteiger partial charge on any atom is 0.416 e. The number of nitrogens with one attached hydrogen (secondary N) is 1. The number of benzene rings is 1. The molecule has 1 heterocycles. The summed E-state index contributed by atoms with van der Waals surface area (Å²) in [4.78, 5) is 26.1. The van der Waals surface area contributed by atoms with Crippen LogP contribution in [0.3, 0.4) is 0 Å². The summed E-state index contributed by atoms with van der Waals surface area (Å²) in [6.07, 6.45) is -0.659. The Morgan fingerprint density at radius 3 is 2.50 bits per heavy atom. The highest BCUT2D eigenvalue weighted by Gasteiger charge is 2.24. The lowest BCUT2D eigenvalue weighted by atomic mass is 10.2. The molecule has 0 spiro atoms. The van der Waals surface area contributed by atoms with Crippen molar-refractivity contribution in [2.75, 3.05) is 32.9 Å². The monoisotopic (exact) mass is 334 g/mol. The van der Waals surface area contributed by atoms with E-state index in [1.54, 1.807) is 38.1 Å². The third-order valence-corrected chi connectivity index (χ3v) is 3.39. The van der Waals surface area contributed by atoms with Gasteiger partial charge in [0.1, 0.15) is 11.4 Å². The minimum atomic E-state index is -0.659. The molecular formula is C17H22N2O5. The molecule has 7 nitrogen and oxygen atoms in total. The van der Waals surface area contributed by atoms with E-state index < -0.39 is 12.1 Å². The Labute approximate surface area is 141 Å². The number of morpholine rings is 1. The molecule has 0 unspecified atom stereocenters. The molecule has 0 bridgehead atoms. The Bertz CT molecular complexity index is 594. The zero-order valence-electron chi connectivity index (χ0n) is 13.9. The van der Waals surface area contributed by atoms with Crippen LogP contribution in [0.4, 0.5) is 4.79 Å². The first-order valence-corrected chi connectivity index (χ1v) is 7.86. The van der Waals surface area contributed by atoms with Crippen LogP contribution in [0.5, 0.6) is 5.75 Å². The Balaban J connectivity index is 2.11. The normalized spacial score (nSPS) is 15.3. The highest BCUT2D eigenvalue weighted by atomic mass is 16.6. The van der Waals surface area contributed by atoms with Crippen LogP contribution in [0.1, 0.15) is 13.8 Å². The van der Waals surface area contributed by atoms with Gasteiger partial charge in [-0.15, -0.1) is 0 Å². The minimum absolute atomic E-state index is 0.258. The van der Waals surface area contributed by atoms with Crippen LogP contribution in [-0.4, -0.2) is 49.9 Å². The number of allylic oxidation sites excluding steroid dienone is 1. The second-order valence-corrected chi connectivity index (χ2v) is 5.12. The zero-order chi connectivity index (χ0) is 17.4. The van der Waals surface area contributed by atoms with E-state index in [1.807, 2.05) is 11.0 Å². The van der Waals surface area contributed by atoms with Gasteiger partial charge < -0.3 is 19.1 Å². The zero-order valence-corrected chi connectivity index (χ0v) is 13.9. The van der Waals surface area contributed by atoms with Crippen LogP contribution in [0, 0.1) is 0 Å². The number of para-hydroxylation sites is 1. The molecule has 1 N–H and O–H groups in total. The quantitative estimate of drug-likeness (QED) is 0.655. The van der Waals surface area contributed by atoms with E-state index in [0.717, 1.165) is 0 Å². The molecular weight excluding hydrogens is 312 g/mol. The molecule has 1 aliphatic rings. The number of hydrogen-bond donors (Lipinski definition) is 1. The maximum absolute atomic E-state index is 12.3. The molecule has 1 aromatic rings. The first kappa shape index (κ1) is 17.8. The van der Waals surface area contributed by atoms with Crippen LogP contribution >= 0.6 is 0 Å². The number of carbonyl (C=O) groups excluding carboxylic acids is 2. The highest BCUT2D eigenvalue weighted by Crippen LogP contribution is 2.14. The van der Waals surface area contributed by atoms with Crippen molar-refractivity contribution in [1.82, 2.24) is 10.2 Å². The third kappa shape index (κ3) is 4.99. The predicted molar refractivity (Wildman–Crippen MR) is 87.3 cm³/mol. The smallest absolute Gasteiger partial charge is 0.416 e. The van der Waals surface area contributed by atoms with E-state index in [4.69, 9.17) is 14.2 Å². The van der Waals surface area contributed by atoms with Gasteiger partial charge in [-0.1, -0.05) is 18.2 Å². The van der Waals surface area contributed by atoms with Crippen molar-refractivity contribution in [3.8, 4) is 5.75 Å². The minimum Gasteiger partial charge on any atom is -0.461 e. The molecule has 1 aromatic carbocycles. The lowest BCUT2D eigenvalue weighted by Crippen LogP contribution is -2.41. The summed E-state index contributed by atoms with van der Waals surface area (Å²) in [5, 5.41) is 2.60. The predicted octanol–water partition coefficient (Wildman–Crippen LogP) is 1.90. The fourth-order valence-electron chi connectivity index (χ4n) is 2.34. The van der Waals surface area contributed by atoms with E-state index in [9.17, 15) is 9.59 Å². The van der Waals surface area contributed by atoms with Gasteiger partial charge in [0.15, 0.2) is 0 Å². The Morgan fingerprint density at radius 1 is 1.21 bits per heavy atom. The molecule has 1 fully saturated rings. The summed E-state index contributed by atoms with van der Waals surface area (Å²) < 4.78 is 15.6. The molecule has 0 aromatic heterocycles. The van der Waals surface area contributed by atoms with Gasteiger partial charge in [0.25, 0.3) is 0 Å². The lowest BCUT2D eigenvalue weighted by Gasteiger charge is -2.30. The van der Waals surface area contributed by atoms with Gasteiger partial charge in [-0.2, -0.15) is 0 Å². The number of nitrogens with zero attached hydrogens (tertiary/aromatic N) is 1. The van der Waals surface area contributed by atoms with Gasteiger partial charge in [0.05, 0.1) is 19.8 Å². The van der Waals surface area contributed by atoms with Gasteiger partial charge >= 0.3 is 12.1 Å². The van der Waals surface area contributed by atoms with Crippen molar-refractivity contribution in [2.24, 2.45) is 0 Å². The van der Waals surface area contributed by atoms with Crippen LogP contribution in [0.15, 0.2) is 41.7 Å². The largest absolute Gasteiger partial charge is 0.461 e. The molecule has 1 aliphatic heterocycles. The summed E-state index contributed by atoms with van der Waals surface area (Å²) in [5.74, 6) is -0.0521.